The molecule has 0 radical (unpaired) electrons. The van der Waals surface area contributed by atoms with Crippen molar-refractivity contribution in [1.82, 2.24) is 0 Å². The molecular weight excluding hydrogens is 228 g/mol. The lowest BCUT2D eigenvalue weighted by atomic mass is 10.1. The lowest BCUT2D eigenvalue weighted by Gasteiger charge is -2.29. The van der Waals surface area contributed by atoms with Gasteiger partial charge in [0, 0.05) is 11.7 Å². The zero-order chi connectivity index (χ0) is 13.0. The Morgan fingerprint density at radius 1 is 1.33 bits per heavy atom. The van der Waals surface area contributed by atoms with Gasteiger partial charge in [0.15, 0.2) is 0 Å². The zero-order valence-electron chi connectivity index (χ0n) is 10.2. The third-order valence-corrected chi connectivity index (χ3v) is 3.40. The van der Waals surface area contributed by atoms with Crippen LogP contribution in [0.15, 0.2) is 24.3 Å². The van der Waals surface area contributed by atoms with E-state index in [4.69, 9.17) is 10.4 Å². The number of aliphatic carboxylic acids is 1. The molecule has 0 aliphatic heterocycles. The van der Waals surface area contributed by atoms with Gasteiger partial charge in [-0.3, -0.25) is 4.79 Å². The van der Waals surface area contributed by atoms with Gasteiger partial charge in [0.25, 0.3) is 0 Å². The highest BCUT2D eigenvalue weighted by Gasteiger charge is 2.24. The first-order valence-electron chi connectivity index (χ1n) is 6.19. The van der Waals surface area contributed by atoms with Crippen molar-refractivity contribution in [2.75, 3.05) is 11.4 Å². The molecule has 1 aromatic carbocycles. The number of carboxylic acid groups (broad SMARTS) is 1. The second-order valence-corrected chi connectivity index (χ2v) is 4.62. The van der Waals surface area contributed by atoms with Crippen LogP contribution in [0.5, 0.6) is 0 Å². The Hall–Kier alpha value is -2.02. The minimum Gasteiger partial charge on any atom is -0.480 e. The van der Waals surface area contributed by atoms with Crippen molar-refractivity contribution >= 4 is 11.7 Å². The average molecular weight is 244 g/mol. The standard InChI is InChI=1S/C14H16N2O2/c15-9-11-5-7-13(8-6-11)16(10-14(17)18)12-3-1-2-4-12/h5-8,12H,1-4,10H2,(H,17,18). The third kappa shape index (κ3) is 2.80. The lowest BCUT2D eigenvalue weighted by Crippen LogP contribution is -2.37. The van der Waals surface area contributed by atoms with Gasteiger partial charge in [-0.1, -0.05) is 12.8 Å². The van der Waals surface area contributed by atoms with Crippen LogP contribution in [0.2, 0.25) is 0 Å². The molecule has 1 fully saturated rings. The van der Waals surface area contributed by atoms with Gasteiger partial charge < -0.3 is 10.0 Å². The monoisotopic (exact) mass is 244 g/mol. The molecule has 1 saturated carbocycles. The van der Waals surface area contributed by atoms with Crippen molar-refractivity contribution in [3.8, 4) is 6.07 Å². The highest BCUT2D eigenvalue weighted by atomic mass is 16.4. The molecule has 0 heterocycles. The molecule has 18 heavy (non-hydrogen) atoms. The van der Waals surface area contributed by atoms with Crippen LogP contribution >= 0.6 is 0 Å². The summed E-state index contributed by atoms with van der Waals surface area (Å²) in [4.78, 5) is 12.9. The summed E-state index contributed by atoms with van der Waals surface area (Å²) in [6, 6.07) is 9.52. The van der Waals surface area contributed by atoms with E-state index in [-0.39, 0.29) is 6.54 Å². The Kier molecular flexibility index (Phi) is 3.83. The molecule has 0 amide bonds. The number of hydrogen-bond donors (Lipinski definition) is 1. The van der Waals surface area contributed by atoms with Gasteiger partial charge in [-0.05, 0) is 37.1 Å². The van der Waals surface area contributed by atoms with Crippen LogP contribution in [0.25, 0.3) is 0 Å². The minimum atomic E-state index is -0.814. The number of nitrogens with zero attached hydrogens (tertiary/aromatic N) is 2. The topological polar surface area (TPSA) is 64.3 Å². The SMILES string of the molecule is N#Cc1ccc(N(CC(=O)O)C2CCCC2)cc1. The summed E-state index contributed by atoms with van der Waals surface area (Å²) in [5.74, 6) is -0.814. The number of rotatable bonds is 4. The quantitative estimate of drug-likeness (QED) is 0.883. The molecule has 0 saturated heterocycles. The summed E-state index contributed by atoms with van der Waals surface area (Å²) in [5, 5.41) is 17.8. The van der Waals surface area contributed by atoms with Crippen molar-refractivity contribution < 1.29 is 9.90 Å². The maximum Gasteiger partial charge on any atom is 0.323 e. The largest absolute Gasteiger partial charge is 0.480 e. The van der Waals surface area contributed by atoms with Crippen molar-refractivity contribution in [3.05, 3.63) is 29.8 Å². The highest BCUT2D eigenvalue weighted by Crippen LogP contribution is 2.28. The molecule has 94 valence electrons. The van der Waals surface area contributed by atoms with Gasteiger partial charge in [-0.15, -0.1) is 0 Å². The first-order valence-corrected chi connectivity index (χ1v) is 6.19. The summed E-state index contributed by atoms with van der Waals surface area (Å²) in [6.45, 7) is 0.0244. The predicted molar refractivity (Wildman–Crippen MR) is 68.4 cm³/mol. The maximum atomic E-state index is 11.0. The number of benzene rings is 1. The van der Waals surface area contributed by atoms with Crippen molar-refractivity contribution in [2.45, 2.75) is 31.7 Å². The van der Waals surface area contributed by atoms with E-state index in [0.717, 1.165) is 31.4 Å². The molecule has 1 N–H and O–H groups in total. The van der Waals surface area contributed by atoms with Gasteiger partial charge in [0.1, 0.15) is 6.54 Å². The molecule has 2 rings (SSSR count). The van der Waals surface area contributed by atoms with Crippen LogP contribution in [0.1, 0.15) is 31.2 Å². The molecule has 0 spiro atoms. The van der Waals surface area contributed by atoms with E-state index < -0.39 is 5.97 Å². The molecule has 1 aromatic rings. The minimum absolute atomic E-state index is 0.0244. The Balaban J connectivity index is 2.21. The molecular formula is C14H16N2O2. The molecule has 0 atom stereocenters. The Bertz CT molecular complexity index is 456. The summed E-state index contributed by atoms with van der Waals surface area (Å²) < 4.78 is 0. The third-order valence-electron chi connectivity index (χ3n) is 3.40. The molecule has 4 nitrogen and oxygen atoms in total. The highest BCUT2D eigenvalue weighted by molar-refractivity contribution is 5.74. The second-order valence-electron chi connectivity index (χ2n) is 4.62. The molecule has 1 aliphatic carbocycles. The fourth-order valence-electron chi connectivity index (χ4n) is 2.52. The maximum absolute atomic E-state index is 11.0. The van der Waals surface area contributed by atoms with E-state index >= 15 is 0 Å². The number of nitriles is 1. The van der Waals surface area contributed by atoms with E-state index in [1.165, 1.54) is 0 Å². The summed E-state index contributed by atoms with van der Waals surface area (Å²) >= 11 is 0. The van der Waals surface area contributed by atoms with Gasteiger partial charge in [-0.25, -0.2) is 0 Å². The summed E-state index contributed by atoms with van der Waals surface area (Å²) in [7, 11) is 0. The van der Waals surface area contributed by atoms with Crippen LogP contribution in [-0.2, 0) is 4.79 Å². The lowest BCUT2D eigenvalue weighted by molar-refractivity contribution is -0.135. The van der Waals surface area contributed by atoms with E-state index in [0.29, 0.717) is 11.6 Å². The summed E-state index contributed by atoms with van der Waals surface area (Å²) in [5.41, 5.74) is 1.49. The second kappa shape index (κ2) is 5.54. The Morgan fingerprint density at radius 2 is 1.94 bits per heavy atom. The van der Waals surface area contributed by atoms with E-state index in [9.17, 15) is 4.79 Å². The number of carboxylic acids is 1. The first kappa shape index (κ1) is 12.4. The predicted octanol–water partition coefficient (Wildman–Crippen LogP) is 2.39. The molecule has 0 aromatic heterocycles. The van der Waals surface area contributed by atoms with Crippen LogP contribution in [0.3, 0.4) is 0 Å². The van der Waals surface area contributed by atoms with E-state index in [2.05, 4.69) is 6.07 Å². The van der Waals surface area contributed by atoms with Gasteiger partial charge in [0.05, 0.1) is 11.6 Å². The normalized spacial score (nSPS) is 15.3. The number of hydrogen-bond acceptors (Lipinski definition) is 3. The molecule has 4 heteroatoms. The van der Waals surface area contributed by atoms with E-state index in [1.807, 2.05) is 17.0 Å². The van der Waals surface area contributed by atoms with Gasteiger partial charge in [-0.2, -0.15) is 5.26 Å². The zero-order valence-corrected chi connectivity index (χ0v) is 10.2. The van der Waals surface area contributed by atoms with Gasteiger partial charge >= 0.3 is 5.97 Å². The molecule has 0 bridgehead atoms. The van der Waals surface area contributed by atoms with Crippen LogP contribution in [-0.4, -0.2) is 23.7 Å². The number of anilines is 1. The van der Waals surface area contributed by atoms with Crippen LogP contribution in [0.4, 0.5) is 5.69 Å². The smallest absolute Gasteiger partial charge is 0.323 e. The average Bonchev–Trinajstić information content (AvgIpc) is 2.89. The first-order chi connectivity index (χ1) is 8.70. The molecule has 1 aliphatic rings. The summed E-state index contributed by atoms with van der Waals surface area (Å²) in [6.07, 6.45) is 4.43. The Labute approximate surface area is 106 Å². The van der Waals surface area contributed by atoms with Gasteiger partial charge in [0.2, 0.25) is 0 Å². The van der Waals surface area contributed by atoms with Crippen LogP contribution in [0, 0.1) is 11.3 Å². The van der Waals surface area contributed by atoms with Crippen molar-refractivity contribution in [2.24, 2.45) is 0 Å². The van der Waals surface area contributed by atoms with Crippen molar-refractivity contribution in [1.29, 1.82) is 5.26 Å². The Morgan fingerprint density at radius 3 is 2.44 bits per heavy atom. The number of carbonyl (C=O) groups is 1. The molecule has 0 unspecified atom stereocenters. The fourth-order valence-corrected chi connectivity index (χ4v) is 2.52. The van der Waals surface area contributed by atoms with E-state index in [1.54, 1.807) is 12.1 Å². The fraction of sp³-hybridized carbons (Fsp3) is 0.429. The van der Waals surface area contributed by atoms with Crippen LogP contribution < -0.4 is 4.90 Å². The van der Waals surface area contributed by atoms with Crippen molar-refractivity contribution in [3.63, 3.8) is 0 Å².